The minimum Gasteiger partial charge on any atom is -0.350 e. The van der Waals surface area contributed by atoms with Crippen LogP contribution in [0.3, 0.4) is 0 Å². The van der Waals surface area contributed by atoms with Gasteiger partial charge in [-0.05, 0) is 29.8 Å². The fourth-order valence-corrected chi connectivity index (χ4v) is 4.25. The third-order valence-corrected chi connectivity index (χ3v) is 5.54. The van der Waals surface area contributed by atoms with Gasteiger partial charge in [0, 0.05) is 41.5 Å². The fourth-order valence-electron chi connectivity index (χ4n) is 4.25. The number of nitrogens with zero attached hydrogens (tertiary/aromatic N) is 3. The van der Waals surface area contributed by atoms with Crippen molar-refractivity contribution < 1.29 is 9.59 Å². The van der Waals surface area contributed by atoms with Gasteiger partial charge < -0.3 is 14.8 Å². The molecule has 148 valence electrons. The number of nitrogens with one attached hydrogen (secondary N) is 1. The third kappa shape index (κ3) is 2.93. The van der Waals surface area contributed by atoms with Crippen molar-refractivity contribution in [3.05, 3.63) is 95.9 Å². The Hall–Kier alpha value is -3.93. The molecule has 2 aromatic carbocycles. The van der Waals surface area contributed by atoms with Crippen molar-refractivity contribution in [1.29, 1.82) is 0 Å². The number of amides is 2. The molecule has 6 heteroatoms. The molecule has 1 atom stereocenters. The molecule has 1 aliphatic heterocycles. The second kappa shape index (κ2) is 7.15. The number of hydrogen-bond acceptors (Lipinski definition) is 3. The van der Waals surface area contributed by atoms with E-state index < -0.39 is 0 Å². The Morgan fingerprint density at radius 3 is 2.67 bits per heavy atom. The van der Waals surface area contributed by atoms with Gasteiger partial charge in [-0.3, -0.25) is 14.6 Å². The molecule has 2 amide bonds. The van der Waals surface area contributed by atoms with Gasteiger partial charge in [0.1, 0.15) is 6.54 Å². The summed E-state index contributed by atoms with van der Waals surface area (Å²) < 4.78 is 2.06. The van der Waals surface area contributed by atoms with Gasteiger partial charge in [-0.25, -0.2) is 0 Å². The van der Waals surface area contributed by atoms with Crippen LogP contribution >= 0.6 is 0 Å². The Balaban J connectivity index is 1.55. The second-order valence-electron chi connectivity index (χ2n) is 7.43. The summed E-state index contributed by atoms with van der Waals surface area (Å²) in [5.74, 6) is -0.390. The summed E-state index contributed by atoms with van der Waals surface area (Å²) in [4.78, 5) is 31.7. The van der Waals surface area contributed by atoms with Crippen molar-refractivity contribution in [2.24, 2.45) is 7.05 Å². The SMILES string of the molecule is Cn1cc([C@H]2c3ccccc3C(=O)N2CC(=O)Nc2cccnc2)c2ccccc21. The number of carbonyl (C=O) groups excluding carboxylic acids is 2. The number of benzene rings is 2. The van der Waals surface area contributed by atoms with Gasteiger partial charge in [0.25, 0.3) is 5.91 Å². The van der Waals surface area contributed by atoms with E-state index in [2.05, 4.69) is 33.2 Å². The summed E-state index contributed by atoms with van der Waals surface area (Å²) in [6.07, 6.45) is 5.28. The quantitative estimate of drug-likeness (QED) is 0.571. The number of pyridine rings is 1. The van der Waals surface area contributed by atoms with E-state index in [1.54, 1.807) is 29.4 Å². The lowest BCUT2D eigenvalue weighted by Crippen LogP contribution is -2.36. The van der Waals surface area contributed by atoms with Crippen LogP contribution in [0.4, 0.5) is 5.69 Å². The summed E-state index contributed by atoms with van der Waals surface area (Å²) in [6, 6.07) is 18.9. The van der Waals surface area contributed by atoms with Crippen LogP contribution in [-0.4, -0.2) is 32.8 Å². The minimum absolute atomic E-state index is 0.0453. The molecule has 1 aliphatic rings. The number of aryl methyl sites for hydroxylation is 1. The molecular formula is C24H20N4O2. The van der Waals surface area contributed by atoms with Crippen molar-refractivity contribution in [3.63, 3.8) is 0 Å². The summed E-state index contributed by atoms with van der Waals surface area (Å²) >= 11 is 0. The second-order valence-corrected chi connectivity index (χ2v) is 7.43. The normalized spacial score (nSPS) is 15.4. The summed E-state index contributed by atoms with van der Waals surface area (Å²) in [7, 11) is 1.99. The Bertz CT molecular complexity index is 1260. The van der Waals surface area contributed by atoms with Crippen molar-refractivity contribution >= 4 is 28.4 Å². The van der Waals surface area contributed by atoms with Crippen LogP contribution in [0.15, 0.2) is 79.3 Å². The maximum atomic E-state index is 13.2. The molecule has 4 aromatic rings. The van der Waals surface area contributed by atoms with Gasteiger partial charge in [0.15, 0.2) is 0 Å². The minimum atomic E-state index is -0.320. The van der Waals surface area contributed by atoms with Gasteiger partial charge >= 0.3 is 0 Å². The molecule has 0 saturated carbocycles. The molecule has 0 fully saturated rings. The average Bonchev–Trinajstić information content (AvgIpc) is 3.23. The highest BCUT2D eigenvalue weighted by atomic mass is 16.2. The fraction of sp³-hybridized carbons (Fsp3) is 0.125. The molecule has 30 heavy (non-hydrogen) atoms. The first-order valence-electron chi connectivity index (χ1n) is 9.77. The molecule has 6 nitrogen and oxygen atoms in total. The van der Waals surface area contributed by atoms with Crippen molar-refractivity contribution in [3.8, 4) is 0 Å². The Morgan fingerprint density at radius 1 is 1.03 bits per heavy atom. The number of fused-ring (bicyclic) bond motifs is 2. The van der Waals surface area contributed by atoms with E-state index in [-0.39, 0.29) is 24.4 Å². The van der Waals surface area contributed by atoms with Crippen LogP contribution < -0.4 is 5.32 Å². The van der Waals surface area contributed by atoms with Crippen LogP contribution in [0, 0.1) is 0 Å². The number of carbonyl (C=O) groups is 2. The highest BCUT2D eigenvalue weighted by molar-refractivity contribution is 6.04. The van der Waals surface area contributed by atoms with E-state index in [0.717, 1.165) is 22.0 Å². The van der Waals surface area contributed by atoms with E-state index in [1.807, 2.05) is 43.4 Å². The molecule has 0 unspecified atom stereocenters. The average molecular weight is 396 g/mol. The zero-order valence-electron chi connectivity index (χ0n) is 16.4. The van der Waals surface area contributed by atoms with Gasteiger partial charge in [-0.1, -0.05) is 36.4 Å². The van der Waals surface area contributed by atoms with E-state index in [4.69, 9.17) is 0 Å². The van der Waals surface area contributed by atoms with E-state index in [9.17, 15) is 9.59 Å². The van der Waals surface area contributed by atoms with Crippen LogP contribution in [0.5, 0.6) is 0 Å². The topological polar surface area (TPSA) is 67.2 Å². The lowest BCUT2D eigenvalue weighted by Gasteiger charge is -2.25. The Labute approximate surface area is 173 Å². The predicted octanol–water partition coefficient (Wildman–Crippen LogP) is 3.76. The molecule has 1 N–H and O–H groups in total. The summed E-state index contributed by atoms with van der Waals surface area (Å²) in [5, 5.41) is 3.91. The van der Waals surface area contributed by atoms with Gasteiger partial charge in [0.05, 0.1) is 17.9 Å². The first-order chi connectivity index (χ1) is 14.6. The number of hydrogen-bond donors (Lipinski definition) is 1. The first-order valence-corrected chi connectivity index (χ1v) is 9.77. The summed E-state index contributed by atoms with van der Waals surface area (Å²) in [5.41, 5.74) is 4.27. The molecule has 0 spiro atoms. The van der Waals surface area contributed by atoms with Crippen molar-refractivity contribution in [2.45, 2.75) is 6.04 Å². The number of para-hydroxylation sites is 1. The van der Waals surface area contributed by atoms with Crippen LogP contribution in [0.2, 0.25) is 0 Å². The van der Waals surface area contributed by atoms with Gasteiger partial charge in [-0.15, -0.1) is 0 Å². The molecule has 0 bridgehead atoms. The highest BCUT2D eigenvalue weighted by Gasteiger charge is 2.39. The Morgan fingerprint density at radius 2 is 1.83 bits per heavy atom. The predicted molar refractivity (Wildman–Crippen MR) is 115 cm³/mol. The first kappa shape index (κ1) is 18.1. The van der Waals surface area contributed by atoms with Crippen LogP contribution in [0.25, 0.3) is 10.9 Å². The molecule has 0 saturated heterocycles. The lowest BCUT2D eigenvalue weighted by atomic mass is 9.97. The smallest absolute Gasteiger partial charge is 0.255 e. The molecule has 2 aromatic heterocycles. The van der Waals surface area contributed by atoms with Crippen LogP contribution in [-0.2, 0) is 11.8 Å². The zero-order chi connectivity index (χ0) is 20.7. The van der Waals surface area contributed by atoms with E-state index >= 15 is 0 Å². The molecular weight excluding hydrogens is 376 g/mol. The van der Waals surface area contributed by atoms with Gasteiger partial charge in [-0.2, -0.15) is 0 Å². The van der Waals surface area contributed by atoms with E-state index in [1.165, 1.54) is 0 Å². The van der Waals surface area contributed by atoms with Gasteiger partial charge in [0.2, 0.25) is 5.91 Å². The monoisotopic (exact) mass is 396 g/mol. The third-order valence-electron chi connectivity index (χ3n) is 5.54. The zero-order valence-corrected chi connectivity index (χ0v) is 16.4. The molecule has 5 rings (SSSR count). The Kier molecular flexibility index (Phi) is 4.32. The molecule has 0 radical (unpaired) electrons. The van der Waals surface area contributed by atoms with Crippen LogP contribution in [0.1, 0.15) is 27.5 Å². The number of aromatic nitrogens is 2. The lowest BCUT2D eigenvalue weighted by molar-refractivity contribution is -0.117. The maximum absolute atomic E-state index is 13.2. The highest BCUT2D eigenvalue weighted by Crippen LogP contribution is 2.41. The van der Waals surface area contributed by atoms with E-state index in [0.29, 0.717) is 11.3 Å². The largest absolute Gasteiger partial charge is 0.350 e. The standard InChI is InChI=1S/C24H20N4O2/c1-27-14-20(17-8-4-5-11-21(17)27)23-18-9-2-3-10-19(18)24(30)28(23)15-22(29)26-16-7-6-12-25-13-16/h2-14,23H,15H2,1H3,(H,26,29)/t23-/m1/s1. The number of anilines is 1. The molecule has 0 aliphatic carbocycles. The summed E-state index contributed by atoms with van der Waals surface area (Å²) in [6.45, 7) is -0.0453. The number of rotatable bonds is 4. The van der Waals surface area contributed by atoms with Crippen molar-refractivity contribution in [2.75, 3.05) is 11.9 Å². The van der Waals surface area contributed by atoms with Crippen molar-refractivity contribution in [1.82, 2.24) is 14.5 Å². The maximum Gasteiger partial charge on any atom is 0.255 e. The molecule has 3 heterocycles.